The number of anilines is 1. The fourth-order valence-corrected chi connectivity index (χ4v) is 4.50. The molecule has 2 N–H and O–H groups in total. The first-order valence-electron chi connectivity index (χ1n) is 11.4. The van der Waals surface area contributed by atoms with Crippen LogP contribution in [0.2, 0.25) is 0 Å². The average Bonchev–Trinajstić information content (AvgIpc) is 3.53. The molecule has 1 aliphatic rings. The van der Waals surface area contributed by atoms with E-state index in [0.29, 0.717) is 5.88 Å². The number of pyridine rings is 2. The van der Waals surface area contributed by atoms with Gasteiger partial charge in [-0.2, -0.15) is 0 Å². The molecule has 1 aromatic carbocycles. The minimum Gasteiger partial charge on any atom is -0.481 e. The zero-order valence-electron chi connectivity index (χ0n) is 19.2. The minimum absolute atomic E-state index is 0.225. The van der Waals surface area contributed by atoms with Crippen LogP contribution in [-0.4, -0.2) is 46.0 Å². The van der Waals surface area contributed by atoms with Crippen LogP contribution < -0.4 is 10.1 Å². The Balaban J connectivity index is 1.56. The lowest BCUT2D eigenvalue weighted by atomic mass is 10.0. The highest BCUT2D eigenvalue weighted by atomic mass is 16.5. The summed E-state index contributed by atoms with van der Waals surface area (Å²) in [6, 6.07) is 12.2. The first-order valence-corrected chi connectivity index (χ1v) is 11.4. The number of nitrogens with zero attached hydrogens (tertiary/aromatic N) is 3. The molecule has 34 heavy (non-hydrogen) atoms. The molecule has 0 aliphatic carbocycles. The summed E-state index contributed by atoms with van der Waals surface area (Å²) >= 11 is 0. The van der Waals surface area contributed by atoms with Gasteiger partial charge in [0.15, 0.2) is 0 Å². The minimum atomic E-state index is -0.225. The third-order valence-corrected chi connectivity index (χ3v) is 6.17. The normalized spacial score (nSPS) is 13.8. The molecule has 1 saturated heterocycles. The zero-order valence-corrected chi connectivity index (χ0v) is 19.2. The van der Waals surface area contributed by atoms with Gasteiger partial charge in [0, 0.05) is 53.4 Å². The first-order chi connectivity index (χ1) is 16.6. The van der Waals surface area contributed by atoms with Crippen LogP contribution >= 0.6 is 0 Å². The van der Waals surface area contributed by atoms with Gasteiger partial charge in [-0.25, -0.2) is 9.97 Å². The number of aromatic nitrogens is 3. The van der Waals surface area contributed by atoms with Crippen LogP contribution in [0.25, 0.3) is 33.3 Å². The maximum atomic E-state index is 12.0. The molecule has 0 spiro atoms. The second kappa shape index (κ2) is 9.49. The molecule has 7 heteroatoms. The lowest BCUT2D eigenvalue weighted by Crippen LogP contribution is -2.18. The number of nitrogens with one attached hydrogen (secondary N) is 2. The van der Waals surface area contributed by atoms with Crippen LogP contribution in [0.1, 0.15) is 18.4 Å². The van der Waals surface area contributed by atoms with Gasteiger partial charge >= 0.3 is 0 Å². The molecule has 0 radical (unpaired) electrons. The van der Waals surface area contributed by atoms with Crippen molar-refractivity contribution in [3.05, 3.63) is 73.2 Å². The average molecular weight is 454 g/mol. The third-order valence-electron chi connectivity index (χ3n) is 6.17. The number of carbonyl (C=O) groups is 1. The Morgan fingerprint density at radius 1 is 1.15 bits per heavy atom. The Morgan fingerprint density at radius 3 is 2.79 bits per heavy atom. The number of likely N-dealkylation sites (tertiary alicyclic amines) is 1. The van der Waals surface area contributed by atoms with Crippen LogP contribution in [0.15, 0.2) is 67.6 Å². The number of hydrogen-bond acceptors (Lipinski definition) is 5. The number of rotatable bonds is 7. The van der Waals surface area contributed by atoms with Gasteiger partial charge in [0.25, 0.3) is 0 Å². The molecule has 5 rings (SSSR count). The quantitative estimate of drug-likeness (QED) is 0.384. The smallest absolute Gasteiger partial charge is 0.247 e. The lowest BCUT2D eigenvalue weighted by Gasteiger charge is -2.17. The number of methoxy groups -OCH3 is 1. The van der Waals surface area contributed by atoms with Crippen molar-refractivity contribution in [2.75, 3.05) is 25.5 Å². The summed E-state index contributed by atoms with van der Waals surface area (Å²) in [6.07, 6.45) is 9.31. The fourth-order valence-electron chi connectivity index (χ4n) is 4.50. The Hall–Kier alpha value is -3.97. The van der Waals surface area contributed by atoms with E-state index in [1.54, 1.807) is 13.3 Å². The zero-order chi connectivity index (χ0) is 23.5. The number of aromatic amines is 1. The number of carbonyl (C=O) groups excluding carboxylic acids is 1. The van der Waals surface area contributed by atoms with Gasteiger partial charge < -0.3 is 15.0 Å². The van der Waals surface area contributed by atoms with Crippen LogP contribution in [0.3, 0.4) is 0 Å². The molecule has 0 unspecified atom stereocenters. The summed E-state index contributed by atoms with van der Waals surface area (Å²) in [6.45, 7) is 6.64. The Bertz CT molecular complexity index is 1350. The second-order valence-electron chi connectivity index (χ2n) is 8.50. The van der Waals surface area contributed by atoms with E-state index in [4.69, 9.17) is 4.74 Å². The van der Waals surface area contributed by atoms with E-state index in [9.17, 15) is 4.79 Å². The van der Waals surface area contributed by atoms with Crippen molar-refractivity contribution >= 4 is 22.6 Å². The largest absolute Gasteiger partial charge is 0.481 e. The van der Waals surface area contributed by atoms with E-state index in [-0.39, 0.29) is 5.91 Å². The highest BCUT2D eigenvalue weighted by molar-refractivity contribution is 6.00. The molecule has 0 atom stereocenters. The van der Waals surface area contributed by atoms with E-state index >= 15 is 0 Å². The summed E-state index contributed by atoms with van der Waals surface area (Å²) < 4.78 is 5.30. The highest BCUT2D eigenvalue weighted by Gasteiger charge is 2.15. The first kappa shape index (κ1) is 21.9. The lowest BCUT2D eigenvalue weighted by molar-refractivity contribution is -0.111. The molecule has 0 bridgehead atoms. The van der Waals surface area contributed by atoms with Crippen molar-refractivity contribution < 1.29 is 9.53 Å². The SMILES string of the molecule is C=CC(=O)Nc1cc(CN2CCCC2)cc(-c2cnc3[nH]cc(-c4ccnc(OC)c4)c3c2)c1. The van der Waals surface area contributed by atoms with Gasteiger partial charge in [-0.05, 0) is 79.0 Å². The van der Waals surface area contributed by atoms with Gasteiger partial charge in [0.05, 0.1) is 7.11 Å². The van der Waals surface area contributed by atoms with Crippen LogP contribution in [-0.2, 0) is 11.3 Å². The van der Waals surface area contributed by atoms with Gasteiger partial charge in [0.1, 0.15) is 5.65 Å². The number of fused-ring (bicyclic) bond motifs is 1. The van der Waals surface area contributed by atoms with Crippen molar-refractivity contribution in [2.45, 2.75) is 19.4 Å². The van der Waals surface area contributed by atoms with Crippen LogP contribution in [0.5, 0.6) is 5.88 Å². The maximum Gasteiger partial charge on any atom is 0.247 e. The molecular weight excluding hydrogens is 426 g/mol. The van der Waals surface area contributed by atoms with E-state index in [2.05, 4.69) is 43.9 Å². The topological polar surface area (TPSA) is 83.1 Å². The Labute approximate surface area is 198 Å². The number of hydrogen-bond donors (Lipinski definition) is 2. The molecule has 4 heterocycles. The summed E-state index contributed by atoms with van der Waals surface area (Å²) in [4.78, 5) is 26.6. The molecule has 4 aromatic rings. The Morgan fingerprint density at radius 2 is 2.00 bits per heavy atom. The van der Waals surface area contributed by atoms with E-state index < -0.39 is 0 Å². The monoisotopic (exact) mass is 453 g/mol. The second-order valence-corrected chi connectivity index (χ2v) is 8.50. The van der Waals surface area contributed by atoms with Crippen molar-refractivity contribution in [1.82, 2.24) is 19.9 Å². The standard InChI is InChI=1S/C27H27N5O2/c1-3-25(33)31-22-11-18(17-32-8-4-5-9-32)10-20(12-22)21-13-23-24(16-30-27(23)29-15-21)19-6-7-28-26(14-19)34-2/h3,6-7,10-16H,1,4-5,8-9,17H2,2H3,(H,29,30)(H,31,33). The van der Waals surface area contributed by atoms with Gasteiger partial charge in [-0.1, -0.05) is 6.58 Å². The maximum absolute atomic E-state index is 12.0. The van der Waals surface area contributed by atoms with Crippen molar-refractivity contribution in [2.24, 2.45) is 0 Å². The number of H-pyrrole nitrogens is 1. The predicted molar refractivity (Wildman–Crippen MR) is 135 cm³/mol. The van der Waals surface area contributed by atoms with Gasteiger partial charge in [-0.3, -0.25) is 9.69 Å². The van der Waals surface area contributed by atoms with Crippen molar-refractivity contribution in [1.29, 1.82) is 0 Å². The summed E-state index contributed by atoms with van der Waals surface area (Å²) in [7, 11) is 1.61. The van der Waals surface area contributed by atoms with Crippen molar-refractivity contribution in [3.63, 3.8) is 0 Å². The molecule has 7 nitrogen and oxygen atoms in total. The molecular formula is C27H27N5O2. The Kier molecular flexibility index (Phi) is 6.10. The molecule has 0 saturated carbocycles. The van der Waals surface area contributed by atoms with Crippen LogP contribution in [0.4, 0.5) is 5.69 Å². The molecule has 172 valence electrons. The highest BCUT2D eigenvalue weighted by Crippen LogP contribution is 2.33. The van der Waals surface area contributed by atoms with E-state index in [0.717, 1.165) is 64.2 Å². The van der Waals surface area contributed by atoms with Crippen LogP contribution in [0, 0.1) is 0 Å². The van der Waals surface area contributed by atoms with Crippen molar-refractivity contribution in [3.8, 4) is 28.1 Å². The van der Waals surface area contributed by atoms with E-state index in [1.165, 1.54) is 18.9 Å². The molecule has 1 aliphatic heterocycles. The summed E-state index contributed by atoms with van der Waals surface area (Å²) in [5.74, 6) is 0.339. The molecule has 1 amide bonds. The number of ether oxygens (including phenoxy) is 1. The van der Waals surface area contributed by atoms with Gasteiger partial charge in [-0.15, -0.1) is 0 Å². The number of benzene rings is 1. The third kappa shape index (κ3) is 4.56. The summed E-state index contributed by atoms with van der Waals surface area (Å²) in [5.41, 5.74) is 6.73. The number of amides is 1. The fraction of sp³-hybridized carbons (Fsp3) is 0.222. The predicted octanol–water partition coefficient (Wildman–Crippen LogP) is 5.02. The summed E-state index contributed by atoms with van der Waals surface area (Å²) in [5, 5.41) is 3.93. The van der Waals surface area contributed by atoms with Gasteiger partial charge in [0.2, 0.25) is 11.8 Å². The van der Waals surface area contributed by atoms with E-state index in [1.807, 2.05) is 36.7 Å². The molecule has 3 aromatic heterocycles. The molecule has 1 fully saturated rings.